The van der Waals surface area contributed by atoms with Crippen molar-refractivity contribution in [3.8, 4) is 0 Å². The molecule has 9 heteroatoms. The van der Waals surface area contributed by atoms with Crippen molar-refractivity contribution in [1.82, 2.24) is 9.34 Å². The third-order valence-corrected chi connectivity index (χ3v) is 5.72. The lowest BCUT2D eigenvalue weighted by molar-refractivity contribution is 0.255. The highest BCUT2D eigenvalue weighted by Gasteiger charge is 2.37. The van der Waals surface area contributed by atoms with Crippen LogP contribution in [0.5, 0.6) is 0 Å². The minimum absolute atomic E-state index is 0.337. The second-order valence-corrected chi connectivity index (χ2v) is 7.33. The van der Waals surface area contributed by atoms with Crippen LogP contribution in [0, 0.1) is 6.61 Å². The Bertz CT molecular complexity index is 242. The Balaban J connectivity index is 5.17. The monoisotopic (exact) mass is 371 g/mol. The molecular weight excluding hydrogens is 353 g/mol. The van der Waals surface area contributed by atoms with Crippen LogP contribution in [-0.2, 0) is 9.09 Å². The van der Waals surface area contributed by atoms with Crippen molar-refractivity contribution in [2.24, 2.45) is 0 Å². The highest BCUT2D eigenvalue weighted by Crippen LogP contribution is 2.54. The molecule has 4 nitrogen and oxygen atoms in total. The maximum atomic E-state index is 13.1. The molecule has 0 aliphatic rings. The van der Waals surface area contributed by atoms with E-state index in [2.05, 4.69) is 0 Å². The van der Waals surface area contributed by atoms with E-state index in [9.17, 15) is 4.57 Å². The number of alkyl halides is 4. The third-order valence-electron chi connectivity index (χ3n) is 2.33. The number of hydrogen-bond donors (Lipinski definition) is 0. The molecule has 0 amide bonds. The first kappa shape index (κ1) is 20.3. The summed E-state index contributed by atoms with van der Waals surface area (Å²) in [5.74, 6) is 1.35. The Morgan fingerprint density at radius 1 is 0.895 bits per heavy atom. The van der Waals surface area contributed by atoms with Crippen LogP contribution in [0.25, 0.3) is 0 Å². The van der Waals surface area contributed by atoms with Crippen LogP contribution in [0.15, 0.2) is 0 Å². The van der Waals surface area contributed by atoms with Gasteiger partial charge in [0.15, 0.2) is 0 Å². The molecule has 0 heterocycles. The van der Waals surface area contributed by atoms with E-state index in [-0.39, 0.29) is 0 Å². The lowest BCUT2D eigenvalue weighted by Gasteiger charge is -2.37. The molecule has 0 aromatic heterocycles. The molecule has 0 unspecified atom stereocenters. The summed E-state index contributed by atoms with van der Waals surface area (Å²) < 4.78 is 21.9. The maximum absolute atomic E-state index is 13.1. The van der Waals surface area contributed by atoms with E-state index in [0.29, 0.717) is 49.7 Å². The topological polar surface area (TPSA) is 32.8 Å². The zero-order chi connectivity index (χ0) is 14.7. The molecular formula is C10H20Cl4N2O2P. The van der Waals surface area contributed by atoms with E-state index in [4.69, 9.17) is 50.9 Å². The fraction of sp³-hybridized carbons (Fsp3) is 0.900. The van der Waals surface area contributed by atoms with Gasteiger partial charge in [-0.2, -0.15) is 0 Å². The molecule has 0 atom stereocenters. The van der Waals surface area contributed by atoms with Gasteiger partial charge in [0, 0.05) is 49.7 Å². The maximum Gasteiger partial charge on any atom is 0.346 e. The van der Waals surface area contributed by atoms with Crippen molar-refractivity contribution < 1.29 is 9.09 Å². The van der Waals surface area contributed by atoms with Gasteiger partial charge in [0.05, 0.1) is 6.61 Å². The zero-order valence-corrected chi connectivity index (χ0v) is 14.8. The molecule has 19 heavy (non-hydrogen) atoms. The van der Waals surface area contributed by atoms with Crippen LogP contribution in [0.1, 0.15) is 6.92 Å². The first-order valence-electron chi connectivity index (χ1n) is 5.91. The van der Waals surface area contributed by atoms with Crippen molar-refractivity contribution in [2.45, 2.75) is 6.92 Å². The molecule has 0 spiro atoms. The number of nitrogens with zero attached hydrogens (tertiary/aromatic N) is 2. The van der Waals surface area contributed by atoms with Gasteiger partial charge in [-0.3, -0.25) is 4.57 Å². The van der Waals surface area contributed by atoms with Crippen LogP contribution in [0.4, 0.5) is 0 Å². The van der Waals surface area contributed by atoms with Gasteiger partial charge in [0.25, 0.3) is 0 Å². The molecule has 0 rings (SSSR count). The Morgan fingerprint density at radius 3 is 1.42 bits per heavy atom. The van der Waals surface area contributed by atoms with Crippen LogP contribution in [-0.4, -0.2) is 59.0 Å². The summed E-state index contributed by atoms with van der Waals surface area (Å²) in [5, 5.41) is 0. The molecule has 0 aromatic rings. The Morgan fingerprint density at radius 2 is 1.21 bits per heavy atom. The standard InChI is InChI=1S/C10H20Cl4N2O2P/c1-2-18-19(17,15(7-3-11)8-4-12)16(9-5-13)10-6-14/h2H,3-10H2,1H3. The molecule has 0 aromatic carbocycles. The Hall–Kier alpha value is 1.27. The van der Waals surface area contributed by atoms with E-state index >= 15 is 0 Å². The fourth-order valence-corrected chi connectivity index (χ4v) is 5.17. The molecule has 1 radical (unpaired) electrons. The summed E-state index contributed by atoms with van der Waals surface area (Å²) in [6.07, 6.45) is 0. The first-order chi connectivity index (χ1) is 9.10. The largest absolute Gasteiger partial charge is 0.346 e. The van der Waals surface area contributed by atoms with Crippen LogP contribution in [0.2, 0.25) is 0 Å². The smallest absolute Gasteiger partial charge is 0.300 e. The number of rotatable bonds is 12. The van der Waals surface area contributed by atoms with E-state index in [0.717, 1.165) is 0 Å². The molecule has 115 valence electrons. The van der Waals surface area contributed by atoms with E-state index in [1.54, 1.807) is 16.3 Å². The van der Waals surface area contributed by atoms with Crippen LogP contribution in [0.3, 0.4) is 0 Å². The van der Waals surface area contributed by atoms with Gasteiger partial charge in [-0.05, 0) is 6.92 Å². The van der Waals surface area contributed by atoms with Crippen LogP contribution < -0.4 is 0 Å². The minimum Gasteiger partial charge on any atom is -0.300 e. The molecule has 0 aliphatic heterocycles. The quantitative estimate of drug-likeness (QED) is 0.384. The van der Waals surface area contributed by atoms with Gasteiger partial charge in [0.1, 0.15) is 0 Å². The second kappa shape index (κ2) is 11.9. The highest BCUT2D eigenvalue weighted by molar-refractivity contribution is 7.54. The number of hydrogen-bond acceptors (Lipinski definition) is 2. The fourth-order valence-electron chi connectivity index (χ4n) is 1.57. The first-order valence-corrected chi connectivity index (χ1v) is 9.58. The predicted molar refractivity (Wildman–Crippen MR) is 84.7 cm³/mol. The highest BCUT2D eigenvalue weighted by atomic mass is 35.5. The van der Waals surface area contributed by atoms with Crippen LogP contribution >= 0.6 is 54.1 Å². The zero-order valence-electron chi connectivity index (χ0n) is 10.9. The molecule has 0 aliphatic carbocycles. The summed E-state index contributed by atoms with van der Waals surface area (Å²) in [6, 6.07) is 0. The lowest BCUT2D eigenvalue weighted by Crippen LogP contribution is -2.37. The summed E-state index contributed by atoms with van der Waals surface area (Å²) in [4.78, 5) is 0. The van der Waals surface area contributed by atoms with Gasteiger partial charge < -0.3 is 4.52 Å². The molecule has 0 fully saturated rings. The Kier molecular flexibility index (Phi) is 12.7. The van der Waals surface area contributed by atoms with Crippen molar-refractivity contribution in [3.05, 3.63) is 6.61 Å². The van der Waals surface area contributed by atoms with Crippen molar-refractivity contribution >= 4 is 54.1 Å². The van der Waals surface area contributed by atoms with Crippen molar-refractivity contribution in [1.29, 1.82) is 0 Å². The third kappa shape index (κ3) is 6.71. The van der Waals surface area contributed by atoms with Gasteiger partial charge in [-0.1, -0.05) is 0 Å². The van der Waals surface area contributed by atoms with Gasteiger partial charge in [-0.15, -0.1) is 46.4 Å². The normalized spacial score (nSPS) is 12.6. The van der Waals surface area contributed by atoms with Crippen molar-refractivity contribution in [3.63, 3.8) is 0 Å². The van der Waals surface area contributed by atoms with E-state index in [1.807, 2.05) is 0 Å². The average Bonchev–Trinajstić information content (AvgIpc) is 2.38. The average molecular weight is 373 g/mol. The summed E-state index contributed by atoms with van der Waals surface area (Å²) >= 11 is 23.0. The summed E-state index contributed by atoms with van der Waals surface area (Å²) in [6.45, 7) is 4.75. The van der Waals surface area contributed by atoms with Crippen molar-refractivity contribution in [2.75, 3.05) is 49.7 Å². The lowest BCUT2D eigenvalue weighted by atomic mass is 10.6. The molecule has 0 saturated carbocycles. The summed E-state index contributed by atoms with van der Waals surface area (Å²) in [7, 11) is -3.23. The molecule has 0 saturated heterocycles. The van der Waals surface area contributed by atoms with Gasteiger partial charge in [-0.25, -0.2) is 9.34 Å². The van der Waals surface area contributed by atoms with E-state index < -0.39 is 7.67 Å². The van der Waals surface area contributed by atoms with Gasteiger partial charge in [0.2, 0.25) is 0 Å². The second-order valence-electron chi connectivity index (χ2n) is 3.49. The summed E-state index contributed by atoms with van der Waals surface area (Å²) in [5.41, 5.74) is 0. The molecule has 0 bridgehead atoms. The Labute approximate surface area is 135 Å². The predicted octanol–water partition coefficient (Wildman–Crippen LogP) is 3.85. The van der Waals surface area contributed by atoms with Gasteiger partial charge >= 0.3 is 7.67 Å². The SMILES string of the molecule is C[CH]OP(=O)(N(CCCl)CCCl)N(CCCl)CCCl. The minimum atomic E-state index is -3.23. The molecule has 0 N–H and O–H groups in total. The number of halogens is 4. The van der Waals surface area contributed by atoms with E-state index in [1.165, 1.54) is 6.61 Å².